The molecule has 0 radical (unpaired) electrons. The van der Waals surface area contributed by atoms with Gasteiger partial charge in [0, 0.05) is 30.1 Å². The Hall–Kier alpha value is -1.14. The molecule has 102 valence electrons. The number of carbonyl (C=O) groups excluding carboxylic acids is 1. The molecule has 1 unspecified atom stereocenters. The van der Waals surface area contributed by atoms with Crippen molar-refractivity contribution in [2.45, 2.75) is 39.2 Å². The Bertz CT molecular complexity index is 398. The highest BCUT2D eigenvalue weighted by molar-refractivity contribution is 7.11. The summed E-state index contributed by atoms with van der Waals surface area (Å²) in [5.41, 5.74) is 5.23. The molecule has 3 N–H and O–H groups in total. The van der Waals surface area contributed by atoms with Crippen LogP contribution in [0.3, 0.4) is 0 Å². The Balaban J connectivity index is 2.48. The molecule has 5 nitrogen and oxygen atoms in total. The molecule has 0 saturated heterocycles. The Kier molecular flexibility index (Phi) is 5.10. The smallest absolute Gasteiger partial charge is 0.407 e. The number of nitrogens with one attached hydrogen (secondary N) is 1. The van der Waals surface area contributed by atoms with Crippen molar-refractivity contribution in [3.8, 4) is 0 Å². The number of nitrogens with zero attached hydrogens (tertiary/aromatic N) is 1. The lowest BCUT2D eigenvalue weighted by Gasteiger charge is -2.21. The fourth-order valence-electron chi connectivity index (χ4n) is 1.39. The quantitative estimate of drug-likeness (QED) is 0.878. The number of nitrogens with two attached hydrogens (primary N) is 1. The predicted octanol–water partition coefficient (Wildman–Crippen LogP) is 2.02. The number of amides is 1. The lowest BCUT2D eigenvalue weighted by atomic mass is 10.1. The van der Waals surface area contributed by atoms with Gasteiger partial charge in [-0.3, -0.25) is 0 Å². The molecule has 1 amide bonds. The van der Waals surface area contributed by atoms with Gasteiger partial charge in [0.15, 0.2) is 0 Å². The molecule has 0 bridgehead atoms. The number of alkyl carbamates (subject to hydrolysis) is 1. The first-order chi connectivity index (χ1) is 8.31. The van der Waals surface area contributed by atoms with Crippen molar-refractivity contribution in [1.82, 2.24) is 10.3 Å². The summed E-state index contributed by atoms with van der Waals surface area (Å²) >= 11 is 1.60. The third kappa shape index (κ3) is 5.01. The first kappa shape index (κ1) is 14.9. The first-order valence-corrected chi connectivity index (χ1v) is 6.72. The summed E-state index contributed by atoms with van der Waals surface area (Å²) in [6.45, 7) is 8.38. The first-order valence-electron chi connectivity index (χ1n) is 5.91. The van der Waals surface area contributed by atoms with Crippen molar-refractivity contribution in [3.05, 3.63) is 16.1 Å². The second-order valence-electron chi connectivity index (χ2n) is 5.10. The number of aryl methyl sites for hydroxylation is 1. The highest BCUT2D eigenvalue weighted by Crippen LogP contribution is 2.21. The van der Waals surface area contributed by atoms with Gasteiger partial charge in [-0.1, -0.05) is 0 Å². The van der Waals surface area contributed by atoms with Crippen molar-refractivity contribution in [2.75, 3.05) is 13.1 Å². The summed E-state index contributed by atoms with van der Waals surface area (Å²) < 4.78 is 5.17. The highest BCUT2D eigenvalue weighted by atomic mass is 32.1. The van der Waals surface area contributed by atoms with E-state index in [1.165, 1.54) is 0 Å². The Labute approximate surface area is 112 Å². The number of aromatic nitrogens is 1. The van der Waals surface area contributed by atoms with Crippen LogP contribution in [0.4, 0.5) is 4.79 Å². The monoisotopic (exact) mass is 271 g/mol. The van der Waals surface area contributed by atoms with Gasteiger partial charge < -0.3 is 15.8 Å². The maximum absolute atomic E-state index is 11.5. The summed E-state index contributed by atoms with van der Waals surface area (Å²) in [7, 11) is 0. The molecule has 6 heteroatoms. The van der Waals surface area contributed by atoms with E-state index in [1.807, 2.05) is 33.9 Å². The molecule has 1 aromatic heterocycles. The number of ether oxygens (including phenoxy) is 1. The fraction of sp³-hybridized carbons (Fsp3) is 0.667. The molecule has 0 aromatic carbocycles. The molecule has 0 spiro atoms. The normalized spacial score (nSPS) is 13.2. The van der Waals surface area contributed by atoms with E-state index in [9.17, 15) is 4.79 Å². The van der Waals surface area contributed by atoms with E-state index >= 15 is 0 Å². The van der Waals surface area contributed by atoms with Crippen LogP contribution in [0.25, 0.3) is 0 Å². The Morgan fingerprint density at radius 1 is 1.61 bits per heavy atom. The maximum Gasteiger partial charge on any atom is 0.407 e. The number of hydrogen-bond acceptors (Lipinski definition) is 5. The molecule has 0 saturated carbocycles. The summed E-state index contributed by atoms with van der Waals surface area (Å²) in [4.78, 5) is 16.8. The van der Waals surface area contributed by atoms with E-state index in [-0.39, 0.29) is 5.92 Å². The van der Waals surface area contributed by atoms with Gasteiger partial charge >= 0.3 is 6.09 Å². The van der Waals surface area contributed by atoms with E-state index in [0.29, 0.717) is 13.1 Å². The van der Waals surface area contributed by atoms with Crippen molar-refractivity contribution in [3.63, 3.8) is 0 Å². The molecular weight excluding hydrogens is 250 g/mol. The van der Waals surface area contributed by atoms with Crippen molar-refractivity contribution in [2.24, 2.45) is 5.73 Å². The highest BCUT2D eigenvalue weighted by Gasteiger charge is 2.18. The zero-order chi connectivity index (χ0) is 13.8. The van der Waals surface area contributed by atoms with Crippen LogP contribution >= 0.6 is 11.3 Å². The van der Waals surface area contributed by atoms with Crippen LogP contribution in [0.2, 0.25) is 0 Å². The number of thiazole rings is 1. The largest absolute Gasteiger partial charge is 0.444 e. The van der Waals surface area contributed by atoms with Gasteiger partial charge in [-0.2, -0.15) is 0 Å². The summed E-state index contributed by atoms with van der Waals surface area (Å²) in [5, 5.41) is 3.74. The number of rotatable bonds is 4. The van der Waals surface area contributed by atoms with Crippen LogP contribution in [0.5, 0.6) is 0 Å². The lowest BCUT2D eigenvalue weighted by molar-refractivity contribution is 0.0525. The molecular formula is C12H21N3O2S. The van der Waals surface area contributed by atoms with Crippen molar-refractivity contribution >= 4 is 17.4 Å². The maximum atomic E-state index is 11.5. The minimum Gasteiger partial charge on any atom is -0.444 e. The van der Waals surface area contributed by atoms with Gasteiger partial charge in [0.05, 0.1) is 5.01 Å². The van der Waals surface area contributed by atoms with Gasteiger partial charge in [0.1, 0.15) is 5.60 Å². The Morgan fingerprint density at radius 2 is 2.28 bits per heavy atom. The summed E-state index contributed by atoms with van der Waals surface area (Å²) in [6.07, 6.45) is 1.40. The van der Waals surface area contributed by atoms with Crippen LogP contribution in [0.15, 0.2) is 6.20 Å². The average molecular weight is 271 g/mol. The molecule has 0 aliphatic carbocycles. The number of carbonyl (C=O) groups is 1. The van der Waals surface area contributed by atoms with Crippen LogP contribution in [-0.4, -0.2) is 29.8 Å². The molecule has 1 aromatic rings. The molecule has 1 atom stereocenters. The van der Waals surface area contributed by atoms with Crippen molar-refractivity contribution < 1.29 is 9.53 Å². The topological polar surface area (TPSA) is 77.2 Å². The molecule has 0 fully saturated rings. The molecule has 1 rings (SSSR count). The molecule has 0 aliphatic heterocycles. The summed E-state index contributed by atoms with van der Waals surface area (Å²) in [5.74, 6) is 0.0868. The third-order valence-electron chi connectivity index (χ3n) is 2.22. The standard InChI is InChI=1S/C12H21N3O2S/c1-8-14-7-10(18-8)9(5-13)6-15-11(16)17-12(2,3)4/h7,9H,5-6,13H2,1-4H3,(H,15,16). The number of hydrogen-bond donors (Lipinski definition) is 2. The van der Waals surface area contributed by atoms with Crippen LogP contribution in [-0.2, 0) is 4.74 Å². The van der Waals surface area contributed by atoms with E-state index in [1.54, 1.807) is 11.3 Å². The van der Waals surface area contributed by atoms with E-state index in [2.05, 4.69) is 10.3 Å². The lowest BCUT2D eigenvalue weighted by Crippen LogP contribution is -2.36. The third-order valence-corrected chi connectivity index (χ3v) is 3.29. The summed E-state index contributed by atoms with van der Waals surface area (Å²) in [6, 6.07) is 0. The van der Waals surface area contributed by atoms with E-state index in [0.717, 1.165) is 9.88 Å². The average Bonchev–Trinajstić information content (AvgIpc) is 2.63. The second-order valence-corrected chi connectivity index (χ2v) is 6.36. The van der Waals surface area contributed by atoms with Gasteiger partial charge in [0.25, 0.3) is 0 Å². The van der Waals surface area contributed by atoms with Gasteiger partial charge in [0.2, 0.25) is 0 Å². The zero-order valence-electron chi connectivity index (χ0n) is 11.3. The van der Waals surface area contributed by atoms with E-state index < -0.39 is 11.7 Å². The molecule has 18 heavy (non-hydrogen) atoms. The Morgan fingerprint density at radius 3 is 2.72 bits per heavy atom. The van der Waals surface area contributed by atoms with E-state index in [4.69, 9.17) is 10.5 Å². The van der Waals surface area contributed by atoms with Crippen LogP contribution in [0, 0.1) is 6.92 Å². The molecule has 1 heterocycles. The van der Waals surface area contributed by atoms with Crippen molar-refractivity contribution in [1.29, 1.82) is 0 Å². The van der Waals surface area contributed by atoms with Crippen LogP contribution < -0.4 is 11.1 Å². The predicted molar refractivity (Wildman–Crippen MR) is 72.9 cm³/mol. The minimum atomic E-state index is -0.483. The minimum absolute atomic E-state index is 0.0868. The van der Waals surface area contributed by atoms with Crippen LogP contribution in [0.1, 0.15) is 36.6 Å². The fourth-order valence-corrected chi connectivity index (χ4v) is 2.29. The van der Waals surface area contributed by atoms with Gasteiger partial charge in [-0.15, -0.1) is 11.3 Å². The SMILES string of the molecule is Cc1ncc(C(CN)CNC(=O)OC(C)(C)C)s1. The second kappa shape index (κ2) is 6.15. The van der Waals surface area contributed by atoms with Gasteiger partial charge in [-0.05, 0) is 27.7 Å². The molecule has 0 aliphatic rings. The zero-order valence-corrected chi connectivity index (χ0v) is 12.1. The van der Waals surface area contributed by atoms with Gasteiger partial charge in [-0.25, -0.2) is 9.78 Å².